The molecule has 0 aromatic heterocycles. The van der Waals surface area contributed by atoms with Crippen molar-refractivity contribution >= 4 is 15.8 Å². The van der Waals surface area contributed by atoms with Gasteiger partial charge in [-0.3, -0.25) is 0 Å². The predicted octanol–water partition coefficient (Wildman–Crippen LogP) is 7.10. The standard InChI is InChI=1S/C17H38P2/c1-14(2,3)18(15(4,5)6)13-19(16(7,8)9)17(10,11)12/h13H2,1-12H3. The Morgan fingerprint density at radius 2 is 0.579 bits per heavy atom. The van der Waals surface area contributed by atoms with Gasteiger partial charge in [-0.15, -0.1) is 0 Å². The zero-order valence-electron chi connectivity index (χ0n) is 15.6. The van der Waals surface area contributed by atoms with Crippen molar-refractivity contribution in [3.8, 4) is 0 Å². The van der Waals surface area contributed by atoms with E-state index in [0.29, 0.717) is 20.6 Å². The molecule has 0 aromatic rings. The molecule has 0 rings (SSSR count). The molecule has 0 saturated heterocycles. The molecule has 0 spiro atoms. The summed E-state index contributed by atoms with van der Waals surface area (Å²) in [5, 5.41) is 1.80. The molecule has 0 amide bonds. The fourth-order valence-corrected chi connectivity index (χ4v) is 14.9. The van der Waals surface area contributed by atoms with Gasteiger partial charge in [0.05, 0.1) is 0 Å². The maximum Gasteiger partial charge on any atom is -0.0102 e. The third-order valence-electron chi connectivity index (χ3n) is 3.52. The maximum atomic E-state index is 2.45. The molecule has 0 fully saturated rings. The van der Waals surface area contributed by atoms with E-state index in [1.165, 1.54) is 5.90 Å². The van der Waals surface area contributed by atoms with E-state index in [1.54, 1.807) is 0 Å². The third kappa shape index (κ3) is 6.44. The lowest BCUT2D eigenvalue weighted by Crippen LogP contribution is -2.32. The van der Waals surface area contributed by atoms with Gasteiger partial charge in [0, 0.05) is 0 Å². The van der Waals surface area contributed by atoms with E-state index >= 15 is 0 Å². The second kappa shape index (κ2) is 5.93. The first-order chi connectivity index (χ1) is 7.97. The van der Waals surface area contributed by atoms with E-state index in [4.69, 9.17) is 0 Å². The summed E-state index contributed by atoms with van der Waals surface area (Å²) in [6, 6.07) is 0. The van der Waals surface area contributed by atoms with Gasteiger partial charge in [0.25, 0.3) is 0 Å². The second-order valence-corrected chi connectivity index (χ2v) is 17.9. The highest BCUT2D eigenvalue weighted by molar-refractivity contribution is 7.77. The minimum absolute atomic E-state index is 0.0181. The van der Waals surface area contributed by atoms with Crippen LogP contribution in [0.3, 0.4) is 0 Å². The molecule has 0 bridgehead atoms. The fraction of sp³-hybridized carbons (Fsp3) is 1.00. The van der Waals surface area contributed by atoms with Crippen LogP contribution in [0.25, 0.3) is 0 Å². The predicted molar refractivity (Wildman–Crippen MR) is 97.7 cm³/mol. The summed E-state index contributed by atoms with van der Waals surface area (Å²) in [5.74, 6) is 1.45. The molecule has 19 heavy (non-hydrogen) atoms. The molecule has 0 aliphatic heterocycles. The highest BCUT2D eigenvalue weighted by Gasteiger charge is 2.42. The van der Waals surface area contributed by atoms with Crippen molar-refractivity contribution in [1.82, 2.24) is 0 Å². The van der Waals surface area contributed by atoms with E-state index in [9.17, 15) is 0 Å². The van der Waals surface area contributed by atoms with Crippen LogP contribution in [0.2, 0.25) is 0 Å². The monoisotopic (exact) mass is 304 g/mol. The van der Waals surface area contributed by atoms with Gasteiger partial charge in [-0.2, -0.15) is 0 Å². The smallest absolute Gasteiger partial charge is 0.0102 e. The largest absolute Gasteiger partial charge is 0.0912 e. The minimum Gasteiger partial charge on any atom is -0.0912 e. The van der Waals surface area contributed by atoms with Crippen LogP contribution in [0.4, 0.5) is 0 Å². The molecule has 0 aromatic carbocycles. The Bertz CT molecular complexity index is 220. The lowest BCUT2D eigenvalue weighted by atomic mass is 10.2. The van der Waals surface area contributed by atoms with Gasteiger partial charge in [-0.1, -0.05) is 98.9 Å². The summed E-state index contributed by atoms with van der Waals surface area (Å²) >= 11 is 0. The zero-order valence-corrected chi connectivity index (χ0v) is 17.4. The number of rotatable bonds is 2. The van der Waals surface area contributed by atoms with Crippen LogP contribution in [-0.4, -0.2) is 26.5 Å². The summed E-state index contributed by atoms with van der Waals surface area (Å²) in [6.07, 6.45) is 0. The summed E-state index contributed by atoms with van der Waals surface area (Å²) in [7, 11) is 0.0363. The molecule has 0 nitrogen and oxygen atoms in total. The molecule has 0 atom stereocenters. The van der Waals surface area contributed by atoms with Gasteiger partial charge in [0.1, 0.15) is 0 Å². The molecule has 0 N–H and O–H groups in total. The molecule has 0 radical (unpaired) electrons. The van der Waals surface area contributed by atoms with E-state index in [0.717, 1.165) is 0 Å². The lowest BCUT2D eigenvalue weighted by Gasteiger charge is -2.49. The first-order valence-corrected chi connectivity index (χ1v) is 10.6. The van der Waals surface area contributed by atoms with Crippen molar-refractivity contribution in [3.05, 3.63) is 0 Å². The quantitative estimate of drug-likeness (QED) is 0.477. The first-order valence-electron chi connectivity index (χ1n) is 7.53. The van der Waals surface area contributed by atoms with Crippen LogP contribution in [0, 0.1) is 0 Å². The van der Waals surface area contributed by atoms with Crippen molar-refractivity contribution in [3.63, 3.8) is 0 Å². The number of hydrogen-bond donors (Lipinski definition) is 0. The van der Waals surface area contributed by atoms with Gasteiger partial charge in [0.2, 0.25) is 0 Å². The topological polar surface area (TPSA) is 0 Å². The Morgan fingerprint density at radius 1 is 0.421 bits per heavy atom. The average Bonchev–Trinajstić information content (AvgIpc) is 1.91. The van der Waals surface area contributed by atoms with E-state index in [-0.39, 0.29) is 15.8 Å². The van der Waals surface area contributed by atoms with Gasteiger partial charge in [-0.25, -0.2) is 0 Å². The van der Waals surface area contributed by atoms with Gasteiger partial charge in [0.15, 0.2) is 0 Å². The second-order valence-electron chi connectivity index (χ2n) is 9.68. The van der Waals surface area contributed by atoms with Crippen molar-refractivity contribution in [2.75, 3.05) is 5.90 Å². The van der Waals surface area contributed by atoms with Crippen LogP contribution in [0.5, 0.6) is 0 Å². The average molecular weight is 304 g/mol. The summed E-state index contributed by atoms with van der Waals surface area (Å²) in [4.78, 5) is 0. The summed E-state index contributed by atoms with van der Waals surface area (Å²) < 4.78 is 0. The van der Waals surface area contributed by atoms with Crippen molar-refractivity contribution in [1.29, 1.82) is 0 Å². The van der Waals surface area contributed by atoms with Crippen molar-refractivity contribution < 1.29 is 0 Å². The highest BCUT2D eigenvalue weighted by Crippen LogP contribution is 2.71. The molecule has 2 heteroatoms. The summed E-state index contributed by atoms with van der Waals surface area (Å²) in [6.45, 7) is 29.4. The van der Waals surface area contributed by atoms with Crippen molar-refractivity contribution in [2.24, 2.45) is 0 Å². The molecule has 116 valence electrons. The number of hydrogen-bond acceptors (Lipinski definition) is 0. The third-order valence-corrected chi connectivity index (χ3v) is 12.3. The Labute approximate surface area is 126 Å². The highest BCUT2D eigenvalue weighted by atomic mass is 31.2. The molecule has 0 aliphatic carbocycles. The molecular formula is C17H38P2. The van der Waals surface area contributed by atoms with Crippen molar-refractivity contribution in [2.45, 2.75) is 104 Å². The molecule has 0 heterocycles. The molecule has 0 saturated carbocycles. The summed E-state index contributed by atoms with van der Waals surface area (Å²) in [5.41, 5.74) is 0. The van der Waals surface area contributed by atoms with E-state index in [2.05, 4.69) is 83.1 Å². The van der Waals surface area contributed by atoms with Gasteiger partial charge in [-0.05, 0) is 26.5 Å². The minimum atomic E-state index is 0.0181. The van der Waals surface area contributed by atoms with Crippen LogP contribution < -0.4 is 0 Å². The Kier molecular flexibility index (Phi) is 6.19. The SMILES string of the molecule is CC(C)(C)P(CP(C(C)(C)C)C(C)(C)C)C(C)(C)C. The molecular weight excluding hydrogens is 266 g/mol. The zero-order chi connectivity index (χ0) is 15.9. The Balaban J connectivity index is 5.43. The van der Waals surface area contributed by atoms with Gasteiger partial charge < -0.3 is 0 Å². The maximum absolute atomic E-state index is 2.45. The van der Waals surface area contributed by atoms with Crippen LogP contribution in [0.1, 0.15) is 83.1 Å². The Hall–Kier alpha value is 0.860. The Morgan fingerprint density at radius 3 is 0.684 bits per heavy atom. The lowest BCUT2D eigenvalue weighted by molar-refractivity contribution is 0.695. The van der Waals surface area contributed by atoms with Gasteiger partial charge >= 0.3 is 0 Å². The van der Waals surface area contributed by atoms with E-state index < -0.39 is 0 Å². The van der Waals surface area contributed by atoms with Crippen LogP contribution in [-0.2, 0) is 0 Å². The fourth-order valence-electron chi connectivity index (χ4n) is 3.00. The molecule has 0 unspecified atom stereocenters. The van der Waals surface area contributed by atoms with Crippen LogP contribution >= 0.6 is 15.8 Å². The molecule has 0 aliphatic rings. The normalized spacial score (nSPS) is 15.5. The van der Waals surface area contributed by atoms with E-state index in [1.807, 2.05) is 0 Å². The first kappa shape index (κ1) is 19.9. The van der Waals surface area contributed by atoms with Crippen LogP contribution in [0.15, 0.2) is 0 Å².